The molecule has 6 nitrogen and oxygen atoms in total. The van der Waals surface area contributed by atoms with Crippen molar-refractivity contribution in [3.8, 4) is 0 Å². The highest BCUT2D eigenvalue weighted by Gasteiger charge is 2.14. The minimum Gasteiger partial charge on any atom is -0.382 e. The van der Waals surface area contributed by atoms with Crippen molar-refractivity contribution in [3.63, 3.8) is 0 Å². The molecule has 2 rings (SSSR count). The van der Waals surface area contributed by atoms with Crippen molar-refractivity contribution in [2.45, 2.75) is 6.10 Å². The third-order valence-electron chi connectivity index (χ3n) is 1.93. The number of aromatic nitrogens is 5. The quantitative estimate of drug-likeness (QED) is 0.704. The monoisotopic (exact) mass is 191 g/mol. The summed E-state index contributed by atoms with van der Waals surface area (Å²) in [4.78, 5) is 7.65. The van der Waals surface area contributed by atoms with Gasteiger partial charge in [0.15, 0.2) is 0 Å². The molecule has 0 fully saturated rings. The highest BCUT2D eigenvalue weighted by molar-refractivity contribution is 5.17. The predicted molar refractivity (Wildman–Crippen MR) is 47.1 cm³/mol. The Morgan fingerprint density at radius 3 is 2.57 bits per heavy atom. The third kappa shape index (κ3) is 1.47. The van der Waals surface area contributed by atoms with Gasteiger partial charge in [-0.3, -0.25) is 0 Å². The molecule has 2 aromatic heterocycles. The summed E-state index contributed by atoms with van der Waals surface area (Å²) in [5, 5.41) is 17.3. The van der Waals surface area contributed by atoms with Crippen molar-refractivity contribution in [2.24, 2.45) is 7.05 Å². The zero-order valence-electron chi connectivity index (χ0n) is 7.57. The molecular weight excluding hydrogens is 182 g/mol. The van der Waals surface area contributed by atoms with Gasteiger partial charge >= 0.3 is 0 Å². The summed E-state index contributed by atoms with van der Waals surface area (Å²) in [5.41, 5.74) is 1.23. The van der Waals surface area contributed by atoms with Gasteiger partial charge in [0.25, 0.3) is 0 Å². The van der Waals surface area contributed by atoms with E-state index in [9.17, 15) is 5.11 Å². The molecule has 0 radical (unpaired) electrons. The number of hydrogen-bond acceptors (Lipinski definition) is 5. The Kier molecular flexibility index (Phi) is 2.19. The van der Waals surface area contributed by atoms with Gasteiger partial charge in [0.2, 0.25) is 0 Å². The maximum Gasteiger partial charge on any atom is 0.125 e. The number of aliphatic hydroxyl groups is 1. The van der Waals surface area contributed by atoms with E-state index in [4.69, 9.17) is 0 Å². The second kappa shape index (κ2) is 3.51. The lowest BCUT2D eigenvalue weighted by molar-refractivity contribution is 0.209. The van der Waals surface area contributed by atoms with Crippen LogP contribution >= 0.6 is 0 Å². The molecule has 0 aliphatic rings. The van der Waals surface area contributed by atoms with Crippen LogP contribution < -0.4 is 0 Å². The van der Waals surface area contributed by atoms with E-state index in [0.717, 1.165) is 0 Å². The van der Waals surface area contributed by atoms with Crippen molar-refractivity contribution < 1.29 is 5.11 Å². The molecule has 1 unspecified atom stereocenters. The van der Waals surface area contributed by atoms with Crippen molar-refractivity contribution in [1.82, 2.24) is 25.0 Å². The van der Waals surface area contributed by atoms with Crippen LogP contribution in [0.2, 0.25) is 0 Å². The number of nitrogens with zero attached hydrogens (tertiary/aromatic N) is 5. The Bertz CT molecular complexity index is 413. The maximum atomic E-state index is 9.88. The summed E-state index contributed by atoms with van der Waals surface area (Å²) >= 11 is 0. The molecule has 0 bridgehead atoms. The van der Waals surface area contributed by atoms with E-state index >= 15 is 0 Å². The summed E-state index contributed by atoms with van der Waals surface area (Å²) < 4.78 is 1.51. The van der Waals surface area contributed by atoms with Gasteiger partial charge in [0, 0.05) is 25.0 Å². The first-order valence-corrected chi connectivity index (χ1v) is 4.06. The molecule has 1 atom stereocenters. The van der Waals surface area contributed by atoms with Gasteiger partial charge in [-0.05, 0) is 0 Å². The fourth-order valence-electron chi connectivity index (χ4n) is 1.17. The molecule has 72 valence electrons. The predicted octanol–water partition coefficient (Wildman–Crippen LogP) is -0.313. The average molecular weight is 191 g/mol. The van der Waals surface area contributed by atoms with E-state index in [0.29, 0.717) is 11.3 Å². The van der Waals surface area contributed by atoms with E-state index in [1.807, 2.05) is 0 Å². The van der Waals surface area contributed by atoms with Crippen LogP contribution in [-0.4, -0.2) is 30.1 Å². The molecule has 0 aliphatic heterocycles. The summed E-state index contributed by atoms with van der Waals surface area (Å²) in [6.07, 6.45) is 5.27. The van der Waals surface area contributed by atoms with Crippen LogP contribution in [0.3, 0.4) is 0 Å². The zero-order valence-corrected chi connectivity index (χ0v) is 7.57. The van der Waals surface area contributed by atoms with Crippen molar-refractivity contribution in [2.75, 3.05) is 0 Å². The summed E-state index contributed by atoms with van der Waals surface area (Å²) in [7, 11) is 1.72. The summed E-state index contributed by atoms with van der Waals surface area (Å²) in [6, 6.07) is 0. The molecule has 2 aromatic rings. The van der Waals surface area contributed by atoms with E-state index in [-0.39, 0.29) is 0 Å². The Morgan fingerprint density at radius 2 is 2.00 bits per heavy atom. The first-order valence-electron chi connectivity index (χ1n) is 4.06. The smallest absolute Gasteiger partial charge is 0.125 e. The molecule has 2 heterocycles. The topological polar surface area (TPSA) is 76.7 Å². The minimum atomic E-state index is -0.781. The van der Waals surface area contributed by atoms with E-state index in [2.05, 4.69) is 20.3 Å². The molecule has 0 saturated heterocycles. The second-order valence-corrected chi connectivity index (χ2v) is 2.86. The van der Waals surface area contributed by atoms with Crippen molar-refractivity contribution in [1.29, 1.82) is 0 Å². The molecule has 0 spiro atoms. The molecule has 0 aromatic carbocycles. The van der Waals surface area contributed by atoms with Gasteiger partial charge in [-0.2, -0.15) is 0 Å². The molecule has 0 saturated carbocycles. The first kappa shape index (κ1) is 8.76. The molecule has 0 aliphatic carbocycles. The van der Waals surface area contributed by atoms with Gasteiger partial charge in [0.1, 0.15) is 12.4 Å². The summed E-state index contributed by atoms with van der Waals surface area (Å²) in [6.45, 7) is 0. The highest BCUT2D eigenvalue weighted by atomic mass is 16.3. The van der Waals surface area contributed by atoms with E-state index < -0.39 is 6.10 Å². The Morgan fingerprint density at radius 1 is 1.29 bits per heavy atom. The van der Waals surface area contributed by atoms with Crippen molar-refractivity contribution in [3.05, 3.63) is 36.2 Å². The summed E-state index contributed by atoms with van der Waals surface area (Å²) in [5.74, 6) is 0. The van der Waals surface area contributed by atoms with Gasteiger partial charge in [-0.25, -0.2) is 14.6 Å². The SMILES string of the molecule is Cn1nncc1C(O)c1cncnc1. The normalized spacial score (nSPS) is 12.7. The van der Waals surface area contributed by atoms with Crippen LogP contribution in [0.15, 0.2) is 24.9 Å². The number of aryl methyl sites for hydroxylation is 1. The van der Waals surface area contributed by atoms with Crippen molar-refractivity contribution >= 4 is 0 Å². The fraction of sp³-hybridized carbons (Fsp3) is 0.250. The lowest BCUT2D eigenvalue weighted by Gasteiger charge is -2.08. The number of rotatable bonds is 2. The number of aliphatic hydroxyl groups excluding tert-OH is 1. The van der Waals surface area contributed by atoms with E-state index in [1.165, 1.54) is 17.2 Å². The maximum absolute atomic E-state index is 9.88. The molecule has 6 heteroatoms. The Hall–Kier alpha value is -1.82. The van der Waals surface area contributed by atoms with E-state index in [1.54, 1.807) is 19.4 Å². The first-order chi connectivity index (χ1) is 6.79. The van der Waals surface area contributed by atoms with Gasteiger partial charge in [0.05, 0.1) is 11.9 Å². The number of hydrogen-bond donors (Lipinski definition) is 1. The van der Waals surface area contributed by atoms with Gasteiger partial charge in [-0.15, -0.1) is 5.10 Å². The second-order valence-electron chi connectivity index (χ2n) is 2.86. The molecule has 0 amide bonds. The fourth-order valence-corrected chi connectivity index (χ4v) is 1.17. The highest BCUT2D eigenvalue weighted by Crippen LogP contribution is 2.17. The Balaban J connectivity index is 2.34. The van der Waals surface area contributed by atoms with Crippen LogP contribution in [0.4, 0.5) is 0 Å². The molecule has 1 N–H and O–H groups in total. The third-order valence-corrected chi connectivity index (χ3v) is 1.93. The minimum absolute atomic E-state index is 0.611. The Labute approximate surface area is 80.2 Å². The van der Waals surface area contributed by atoms with Crippen LogP contribution in [0.1, 0.15) is 17.4 Å². The molecule has 14 heavy (non-hydrogen) atoms. The average Bonchev–Trinajstić information content (AvgIpc) is 2.65. The van der Waals surface area contributed by atoms with Crippen LogP contribution in [-0.2, 0) is 7.05 Å². The van der Waals surface area contributed by atoms with Gasteiger partial charge < -0.3 is 5.11 Å². The zero-order chi connectivity index (χ0) is 9.97. The standard InChI is InChI=1S/C8H9N5O/c1-13-7(4-11-12-13)8(14)6-2-9-5-10-3-6/h2-5,8,14H,1H3. The van der Waals surface area contributed by atoms with Crippen LogP contribution in [0, 0.1) is 0 Å². The van der Waals surface area contributed by atoms with Gasteiger partial charge in [-0.1, -0.05) is 5.21 Å². The lowest BCUT2D eigenvalue weighted by Crippen LogP contribution is -2.07. The largest absolute Gasteiger partial charge is 0.382 e. The molecular formula is C8H9N5O. The lowest BCUT2D eigenvalue weighted by atomic mass is 10.1. The van der Waals surface area contributed by atoms with Crippen LogP contribution in [0.5, 0.6) is 0 Å². The van der Waals surface area contributed by atoms with Crippen LogP contribution in [0.25, 0.3) is 0 Å².